The van der Waals surface area contributed by atoms with Gasteiger partial charge in [0.05, 0.1) is 27.5 Å². The Labute approximate surface area is 189 Å². The molecule has 0 atom stereocenters. The van der Waals surface area contributed by atoms with Crippen LogP contribution in [-0.2, 0) is 0 Å². The number of nitrogens with zero attached hydrogens (tertiary/aromatic N) is 2. The molecule has 0 spiro atoms. The third kappa shape index (κ3) is 4.84. The molecule has 0 radical (unpaired) electrons. The molecule has 3 aromatic rings. The Balaban J connectivity index is 1.44. The maximum absolute atomic E-state index is 12.7. The van der Waals surface area contributed by atoms with E-state index >= 15 is 0 Å². The van der Waals surface area contributed by atoms with Gasteiger partial charge < -0.3 is 15.5 Å². The molecule has 0 unspecified atom stereocenters. The number of aromatic nitrogens is 2. The minimum Gasteiger partial charge on any atom is -0.372 e. The first-order chi connectivity index (χ1) is 15.0. The number of aromatic amines is 1. The van der Waals surface area contributed by atoms with Crippen molar-refractivity contribution in [1.82, 2.24) is 10.2 Å². The van der Waals surface area contributed by atoms with Gasteiger partial charge in [0.15, 0.2) is 0 Å². The van der Waals surface area contributed by atoms with Gasteiger partial charge >= 0.3 is 0 Å². The van der Waals surface area contributed by atoms with E-state index in [-0.39, 0.29) is 27.0 Å². The molecule has 1 fully saturated rings. The van der Waals surface area contributed by atoms with Gasteiger partial charge in [0.2, 0.25) is 0 Å². The number of nitrogens with one attached hydrogen (secondary N) is 3. The Morgan fingerprint density at radius 1 is 0.903 bits per heavy atom. The number of hydrogen-bond donors (Lipinski definition) is 3. The van der Waals surface area contributed by atoms with Crippen LogP contribution in [0.3, 0.4) is 0 Å². The Bertz CT molecular complexity index is 1070. The summed E-state index contributed by atoms with van der Waals surface area (Å²) in [6, 6.07) is 12.5. The van der Waals surface area contributed by atoms with Crippen LogP contribution in [0.25, 0.3) is 0 Å². The first-order valence-corrected chi connectivity index (χ1v) is 10.7. The molecule has 0 aliphatic carbocycles. The predicted octanol–water partition coefficient (Wildman–Crippen LogP) is 5.21. The minimum absolute atomic E-state index is 0.122. The van der Waals surface area contributed by atoms with E-state index in [1.165, 1.54) is 25.5 Å². The molecule has 4 rings (SSSR count). The zero-order chi connectivity index (χ0) is 21.8. The van der Waals surface area contributed by atoms with E-state index in [9.17, 15) is 9.59 Å². The number of anilines is 3. The van der Waals surface area contributed by atoms with Crippen LogP contribution in [0, 0.1) is 0 Å². The highest BCUT2D eigenvalue weighted by Crippen LogP contribution is 2.26. The zero-order valence-electron chi connectivity index (χ0n) is 16.6. The van der Waals surface area contributed by atoms with E-state index in [4.69, 9.17) is 23.2 Å². The topological polar surface area (TPSA) is 90.1 Å². The number of halogens is 2. The molecular formula is C22H21Cl2N5O2. The van der Waals surface area contributed by atoms with Gasteiger partial charge in [-0.15, -0.1) is 0 Å². The van der Waals surface area contributed by atoms with Crippen molar-refractivity contribution in [3.63, 3.8) is 0 Å². The fourth-order valence-corrected chi connectivity index (χ4v) is 4.12. The summed E-state index contributed by atoms with van der Waals surface area (Å²) in [6.07, 6.45) is 5.03. The van der Waals surface area contributed by atoms with Crippen LogP contribution in [0.5, 0.6) is 0 Å². The van der Waals surface area contributed by atoms with Crippen molar-refractivity contribution in [1.29, 1.82) is 0 Å². The summed E-state index contributed by atoms with van der Waals surface area (Å²) in [6.45, 7) is 2.11. The first kappa shape index (κ1) is 21.2. The molecule has 2 aromatic carbocycles. The Morgan fingerprint density at radius 2 is 1.58 bits per heavy atom. The number of H-pyrrole nitrogens is 1. The number of carbonyl (C=O) groups excluding carboxylic acids is 2. The smallest absolute Gasteiger partial charge is 0.275 e. The van der Waals surface area contributed by atoms with Crippen LogP contribution < -0.4 is 15.5 Å². The Hall–Kier alpha value is -3.03. The average Bonchev–Trinajstić information content (AvgIpc) is 3.23. The monoisotopic (exact) mass is 457 g/mol. The van der Waals surface area contributed by atoms with Crippen LogP contribution in [-0.4, -0.2) is 35.1 Å². The molecule has 3 N–H and O–H groups in total. The molecule has 1 aromatic heterocycles. The highest BCUT2D eigenvalue weighted by molar-refractivity contribution is 6.40. The molecule has 7 nitrogen and oxygen atoms in total. The summed E-state index contributed by atoms with van der Waals surface area (Å²) in [5, 5.41) is 12.4. The van der Waals surface area contributed by atoms with Gasteiger partial charge in [0.1, 0.15) is 5.69 Å². The maximum atomic E-state index is 12.7. The van der Waals surface area contributed by atoms with Gasteiger partial charge in [0, 0.05) is 24.5 Å². The highest BCUT2D eigenvalue weighted by Gasteiger charge is 2.20. The van der Waals surface area contributed by atoms with E-state index in [0.29, 0.717) is 5.69 Å². The third-order valence-corrected chi connectivity index (χ3v) is 5.78. The summed E-state index contributed by atoms with van der Waals surface area (Å²) in [4.78, 5) is 27.7. The van der Waals surface area contributed by atoms with Crippen molar-refractivity contribution in [3.8, 4) is 0 Å². The van der Waals surface area contributed by atoms with E-state index in [1.807, 2.05) is 24.3 Å². The van der Waals surface area contributed by atoms with Gasteiger partial charge in [-0.2, -0.15) is 5.10 Å². The number of carbonyl (C=O) groups is 2. The van der Waals surface area contributed by atoms with E-state index in [1.54, 1.807) is 18.2 Å². The van der Waals surface area contributed by atoms with Gasteiger partial charge in [-0.05, 0) is 55.7 Å². The van der Waals surface area contributed by atoms with Crippen molar-refractivity contribution in [2.75, 3.05) is 28.6 Å². The fraction of sp³-hybridized carbons (Fsp3) is 0.227. The number of piperidine rings is 1. The lowest BCUT2D eigenvalue weighted by molar-refractivity contribution is 0.102. The molecule has 9 heteroatoms. The van der Waals surface area contributed by atoms with Gasteiger partial charge in [-0.1, -0.05) is 29.3 Å². The van der Waals surface area contributed by atoms with E-state index in [2.05, 4.69) is 25.7 Å². The molecule has 2 amide bonds. The van der Waals surface area contributed by atoms with Crippen LogP contribution in [0.1, 0.15) is 40.1 Å². The first-order valence-electron chi connectivity index (χ1n) is 9.98. The molecule has 1 saturated heterocycles. The highest BCUT2D eigenvalue weighted by atomic mass is 35.5. The molecule has 2 heterocycles. The fourth-order valence-electron chi connectivity index (χ4n) is 3.55. The van der Waals surface area contributed by atoms with Crippen molar-refractivity contribution >= 4 is 52.1 Å². The minimum atomic E-state index is -0.531. The van der Waals surface area contributed by atoms with Crippen LogP contribution in [0.15, 0.2) is 48.7 Å². The molecule has 1 aliphatic rings. The van der Waals surface area contributed by atoms with Gasteiger partial charge in [0.25, 0.3) is 11.8 Å². The maximum Gasteiger partial charge on any atom is 0.275 e. The summed E-state index contributed by atoms with van der Waals surface area (Å²) < 4.78 is 0. The lowest BCUT2D eigenvalue weighted by Crippen LogP contribution is -2.29. The number of benzene rings is 2. The van der Waals surface area contributed by atoms with Crippen molar-refractivity contribution in [3.05, 3.63) is 70.0 Å². The normalized spacial score (nSPS) is 13.7. The largest absolute Gasteiger partial charge is 0.372 e. The van der Waals surface area contributed by atoms with Crippen LogP contribution in [0.2, 0.25) is 10.0 Å². The molecule has 160 valence electrons. The van der Waals surface area contributed by atoms with Gasteiger partial charge in [-0.25, -0.2) is 0 Å². The predicted molar refractivity (Wildman–Crippen MR) is 123 cm³/mol. The van der Waals surface area contributed by atoms with E-state index < -0.39 is 11.8 Å². The summed E-state index contributed by atoms with van der Waals surface area (Å²) in [7, 11) is 0. The van der Waals surface area contributed by atoms with Crippen molar-refractivity contribution < 1.29 is 9.59 Å². The van der Waals surface area contributed by atoms with Crippen molar-refractivity contribution in [2.45, 2.75) is 19.3 Å². The summed E-state index contributed by atoms with van der Waals surface area (Å²) in [5.41, 5.74) is 2.27. The zero-order valence-corrected chi connectivity index (χ0v) is 18.1. The van der Waals surface area contributed by atoms with Crippen molar-refractivity contribution in [2.24, 2.45) is 0 Å². The molecule has 0 bridgehead atoms. The van der Waals surface area contributed by atoms with Crippen LogP contribution >= 0.6 is 23.2 Å². The molecule has 0 saturated carbocycles. The molecule has 1 aliphatic heterocycles. The number of amides is 2. The standard InChI is InChI=1S/C22H21Cl2N5O2/c23-16-5-4-6-17(24)19(16)21(30)27-18-13-25-28-20(18)22(31)26-14-7-9-15(10-8-14)29-11-2-1-3-12-29/h4-10,13H,1-3,11-12H2,(H,25,28)(H,26,31)(H,27,30). The lowest BCUT2D eigenvalue weighted by Gasteiger charge is -2.28. The number of rotatable bonds is 5. The number of hydrogen-bond acceptors (Lipinski definition) is 4. The Kier molecular flexibility index (Phi) is 6.44. The van der Waals surface area contributed by atoms with Crippen LogP contribution in [0.4, 0.5) is 17.1 Å². The quantitative estimate of drug-likeness (QED) is 0.490. The van der Waals surface area contributed by atoms with Gasteiger partial charge in [-0.3, -0.25) is 14.7 Å². The SMILES string of the molecule is O=C(Nc1ccc(N2CCCCC2)cc1)c1[nH]ncc1NC(=O)c1c(Cl)cccc1Cl. The van der Waals surface area contributed by atoms with E-state index in [0.717, 1.165) is 18.8 Å². The lowest BCUT2D eigenvalue weighted by atomic mass is 10.1. The second-order valence-electron chi connectivity index (χ2n) is 7.26. The molecular weight excluding hydrogens is 437 g/mol. The average molecular weight is 458 g/mol. The second-order valence-corrected chi connectivity index (χ2v) is 8.07. The Morgan fingerprint density at radius 3 is 2.26 bits per heavy atom. The summed E-state index contributed by atoms with van der Waals surface area (Å²) >= 11 is 12.2. The molecule has 31 heavy (non-hydrogen) atoms. The third-order valence-electron chi connectivity index (χ3n) is 5.15. The summed E-state index contributed by atoms with van der Waals surface area (Å²) in [5.74, 6) is -0.958. The second kappa shape index (κ2) is 9.41.